The first kappa shape index (κ1) is 17.9. The number of pyridine rings is 1. The van der Waals surface area contributed by atoms with Crippen molar-refractivity contribution in [2.75, 3.05) is 12.3 Å². The zero-order valence-corrected chi connectivity index (χ0v) is 14.5. The van der Waals surface area contributed by atoms with E-state index in [0.29, 0.717) is 5.56 Å². The number of thioether (sulfide) groups is 1. The van der Waals surface area contributed by atoms with Gasteiger partial charge in [0.15, 0.2) is 0 Å². The number of benzene rings is 1. The predicted molar refractivity (Wildman–Crippen MR) is 96.1 cm³/mol. The molecule has 1 unspecified atom stereocenters. The van der Waals surface area contributed by atoms with Crippen LogP contribution in [-0.4, -0.2) is 38.9 Å². The van der Waals surface area contributed by atoms with Gasteiger partial charge in [0.2, 0.25) is 11.8 Å². The lowest BCUT2D eigenvalue weighted by Crippen LogP contribution is -2.39. The molecule has 1 atom stereocenters. The molecule has 0 spiro atoms. The first-order valence-corrected chi connectivity index (χ1v) is 8.91. The number of nitrogens with zero attached hydrogens (tertiary/aromatic N) is 3. The highest BCUT2D eigenvalue weighted by molar-refractivity contribution is 8.00. The highest BCUT2D eigenvalue weighted by Gasteiger charge is 2.34. The molecule has 2 amide bonds. The molecule has 2 aromatic rings. The average molecular weight is 372 g/mol. The van der Waals surface area contributed by atoms with Crippen LogP contribution in [0.15, 0.2) is 48.7 Å². The standard InChI is InChI=1S/C17H16N4O4S/c22-15(19-9-13-5-1-2-7-18-13)10-20-16(23)11-26-17(20)12-4-3-6-14(8-12)21(24)25/h1-8,17H,9-11H2,(H,19,22). The number of hydrogen-bond acceptors (Lipinski definition) is 6. The largest absolute Gasteiger partial charge is 0.349 e. The topological polar surface area (TPSA) is 105 Å². The molecule has 1 aromatic carbocycles. The Kier molecular flexibility index (Phi) is 5.47. The number of non-ortho nitro benzene ring substituents is 1. The number of nitro groups is 1. The summed E-state index contributed by atoms with van der Waals surface area (Å²) in [6.45, 7) is 0.169. The first-order chi connectivity index (χ1) is 12.5. The lowest BCUT2D eigenvalue weighted by atomic mass is 10.2. The van der Waals surface area contributed by atoms with Crippen molar-refractivity contribution in [3.63, 3.8) is 0 Å². The fourth-order valence-electron chi connectivity index (χ4n) is 2.60. The number of nitro benzene ring substituents is 1. The van der Waals surface area contributed by atoms with Crippen LogP contribution in [0.4, 0.5) is 5.69 Å². The van der Waals surface area contributed by atoms with Crippen LogP contribution in [-0.2, 0) is 16.1 Å². The number of rotatable bonds is 6. The smallest absolute Gasteiger partial charge is 0.269 e. The van der Waals surface area contributed by atoms with Crippen LogP contribution in [0.2, 0.25) is 0 Å². The highest BCUT2D eigenvalue weighted by Crippen LogP contribution is 2.39. The zero-order chi connectivity index (χ0) is 18.5. The van der Waals surface area contributed by atoms with Gasteiger partial charge in [0.1, 0.15) is 11.9 Å². The third-order valence-electron chi connectivity index (χ3n) is 3.84. The summed E-state index contributed by atoms with van der Waals surface area (Å²) in [4.78, 5) is 40.4. The lowest BCUT2D eigenvalue weighted by molar-refractivity contribution is -0.384. The van der Waals surface area contributed by atoms with Crippen LogP contribution >= 0.6 is 11.8 Å². The molecule has 0 aliphatic carbocycles. The highest BCUT2D eigenvalue weighted by atomic mass is 32.2. The van der Waals surface area contributed by atoms with Gasteiger partial charge in [-0.15, -0.1) is 11.8 Å². The van der Waals surface area contributed by atoms with Crippen molar-refractivity contribution in [2.24, 2.45) is 0 Å². The Balaban J connectivity index is 1.67. The van der Waals surface area contributed by atoms with Crippen LogP contribution in [0, 0.1) is 10.1 Å². The van der Waals surface area contributed by atoms with E-state index in [1.807, 2.05) is 6.07 Å². The summed E-state index contributed by atoms with van der Waals surface area (Å²) >= 11 is 1.35. The number of carbonyl (C=O) groups is 2. The minimum Gasteiger partial charge on any atom is -0.349 e. The Bertz CT molecular complexity index is 831. The summed E-state index contributed by atoms with van der Waals surface area (Å²) in [5.74, 6) is -0.234. The van der Waals surface area contributed by atoms with Crippen LogP contribution in [0.3, 0.4) is 0 Å². The molecular formula is C17H16N4O4S. The van der Waals surface area contributed by atoms with Crippen molar-refractivity contribution in [3.8, 4) is 0 Å². The third-order valence-corrected chi connectivity index (χ3v) is 5.10. The number of carbonyl (C=O) groups excluding carboxylic acids is 2. The SMILES string of the molecule is O=C(CN1C(=O)CSC1c1cccc([N+](=O)[O-])c1)NCc1ccccn1. The zero-order valence-electron chi connectivity index (χ0n) is 13.7. The molecule has 0 bridgehead atoms. The molecule has 3 rings (SSSR count). The minimum absolute atomic E-state index is 0.0398. The van der Waals surface area contributed by atoms with E-state index in [1.54, 1.807) is 30.5 Å². The van der Waals surface area contributed by atoms with Crippen LogP contribution in [0.25, 0.3) is 0 Å². The van der Waals surface area contributed by atoms with Crippen LogP contribution in [0.5, 0.6) is 0 Å². The molecule has 1 fully saturated rings. The van der Waals surface area contributed by atoms with Gasteiger partial charge in [-0.05, 0) is 17.7 Å². The molecule has 134 valence electrons. The molecule has 9 heteroatoms. The summed E-state index contributed by atoms with van der Waals surface area (Å²) in [6.07, 6.45) is 1.64. The van der Waals surface area contributed by atoms with Gasteiger partial charge in [-0.2, -0.15) is 0 Å². The normalized spacial score (nSPS) is 16.5. The maximum absolute atomic E-state index is 12.2. The van der Waals surface area contributed by atoms with Gasteiger partial charge in [-0.25, -0.2) is 0 Å². The van der Waals surface area contributed by atoms with Crippen molar-refractivity contribution in [2.45, 2.75) is 11.9 Å². The monoisotopic (exact) mass is 372 g/mol. The van der Waals surface area contributed by atoms with E-state index in [1.165, 1.54) is 28.8 Å². The summed E-state index contributed by atoms with van der Waals surface area (Å²) in [5.41, 5.74) is 1.31. The first-order valence-electron chi connectivity index (χ1n) is 7.86. The van der Waals surface area contributed by atoms with E-state index in [9.17, 15) is 19.7 Å². The quantitative estimate of drug-likeness (QED) is 0.613. The summed E-state index contributed by atoms with van der Waals surface area (Å²) in [5, 5.41) is 13.3. The molecule has 26 heavy (non-hydrogen) atoms. The molecule has 0 saturated carbocycles. The van der Waals surface area contributed by atoms with E-state index in [-0.39, 0.29) is 36.3 Å². The molecule has 0 radical (unpaired) electrons. The van der Waals surface area contributed by atoms with Crippen molar-refractivity contribution in [3.05, 3.63) is 70.0 Å². The molecule has 8 nitrogen and oxygen atoms in total. The van der Waals surface area contributed by atoms with Gasteiger partial charge in [-0.1, -0.05) is 18.2 Å². The second-order valence-electron chi connectivity index (χ2n) is 5.63. The fraction of sp³-hybridized carbons (Fsp3) is 0.235. The van der Waals surface area contributed by atoms with E-state index in [4.69, 9.17) is 0 Å². The molecule has 1 aliphatic rings. The molecule has 1 aromatic heterocycles. The van der Waals surface area contributed by atoms with E-state index < -0.39 is 10.3 Å². The Morgan fingerprint density at radius 3 is 2.92 bits per heavy atom. The average Bonchev–Trinajstić information content (AvgIpc) is 3.01. The van der Waals surface area contributed by atoms with Gasteiger partial charge in [-0.3, -0.25) is 24.7 Å². The summed E-state index contributed by atoms with van der Waals surface area (Å²) < 4.78 is 0. The van der Waals surface area contributed by atoms with Crippen molar-refractivity contribution < 1.29 is 14.5 Å². The summed E-state index contributed by atoms with van der Waals surface area (Å²) in [6, 6.07) is 11.5. The van der Waals surface area contributed by atoms with Crippen molar-refractivity contribution in [1.29, 1.82) is 0 Å². The number of amides is 2. The molecule has 1 aliphatic heterocycles. The van der Waals surface area contributed by atoms with Crippen LogP contribution in [0.1, 0.15) is 16.6 Å². The van der Waals surface area contributed by atoms with E-state index >= 15 is 0 Å². The Hall–Kier alpha value is -2.94. The van der Waals surface area contributed by atoms with Crippen molar-refractivity contribution >= 4 is 29.3 Å². The third kappa shape index (κ3) is 4.17. The summed E-state index contributed by atoms with van der Waals surface area (Å²) in [7, 11) is 0. The van der Waals surface area contributed by atoms with Crippen LogP contribution < -0.4 is 5.32 Å². The number of nitrogens with one attached hydrogen (secondary N) is 1. The fourth-order valence-corrected chi connectivity index (χ4v) is 3.77. The van der Waals surface area contributed by atoms with Gasteiger partial charge in [0.25, 0.3) is 5.69 Å². The Morgan fingerprint density at radius 2 is 2.19 bits per heavy atom. The maximum atomic E-state index is 12.2. The van der Waals surface area contributed by atoms with Gasteiger partial charge >= 0.3 is 0 Å². The minimum atomic E-state index is -0.477. The second-order valence-corrected chi connectivity index (χ2v) is 6.70. The number of aromatic nitrogens is 1. The number of hydrogen-bond donors (Lipinski definition) is 1. The molecule has 1 saturated heterocycles. The predicted octanol–water partition coefficient (Wildman–Crippen LogP) is 1.88. The molecule has 1 N–H and O–H groups in total. The molecule has 2 heterocycles. The van der Waals surface area contributed by atoms with E-state index in [2.05, 4.69) is 10.3 Å². The van der Waals surface area contributed by atoms with Gasteiger partial charge in [0.05, 0.1) is 22.9 Å². The van der Waals surface area contributed by atoms with Gasteiger partial charge < -0.3 is 10.2 Å². The second kappa shape index (κ2) is 7.96. The maximum Gasteiger partial charge on any atom is 0.269 e. The van der Waals surface area contributed by atoms with Crippen molar-refractivity contribution in [1.82, 2.24) is 15.2 Å². The molecular weight excluding hydrogens is 356 g/mol. The van der Waals surface area contributed by atoms with Gasteiger partial charge in [0, 0.05) is 18.3 Å². The Labute approximate surface area is 153 Å². The Morgan fingerprint density at radius 1 is 1.35 bits per heavy atom. The van der Waals surface area contributed by atoms with E-state index in [0.717, 1.165) is 5.69 Å². The lowest BCUT2D eigenvalue weighted by Gasteiger charge is -2.23.